The van der Waals surface area contributed by atoms with Crippen LogP contribution in [0.1, 0.15) is 43.4 Å². The fraction of sp³-hybridized carbons (Fsp3) is 0.667. The summed E-state index contributed by atoms with van der Waals surface area (Å²) in [5.41, 5.74) is 1.41. The lowest BCUT2D eigenvalue weighted by Gasteiger charge is -2.20. The Morgan fingerprint density at radius 2 is 2.05 bits per heavy atom. The Morgan fingerprint density at radius 1 is 1.35 bits per heavy atom. The molecular weight excluding hydrogens is 254 g/mol. The van der Waals surface area contributed by atoms with Crippen LogP contribution in [0.4, 0.5) is 0 Å². The van der Waals surface area contributed by atoms with Gasteiger partial charge in [-0.2, -0.15) is 0 Å². The van der Waals surface area contributed by atoms with E-state index in [9.17, 15) is 9.59 Å². The summed E-state index contributed by atoms with van der Waals surface area (Å²) >= 11 is 0. The normalized spacial score (nSPS) is 16.1. The Labute approximate surface area is 119 Å². The molecule has 0 bridgehead atoms. The van der Waals surface area contributed by atoms with Crippen LogP contribution < -0.4 is 10.9 Å². The van der Waals surface area contributed by atoms with Crippen LogP contribution in [-0.2, 0) is 11.3 Å². The summed E-state index contributed by atoms with van der Waals surface area (Å²) in [5.74, 6) is 0.299. The van der Waals surface area contributed by atoms with E-state index < -0.39 is 0 Å². The summed E-state index contributed by atoms with van der Waals surface area (Å²) in [5, 5.41) is 2.94. The Balaban J connectivity index is 1.85. The van der Waals surface area contributed by atoms with Gasteiger partial charge >= 0.3 is 0 Å². The smallest absolute Gasteiger partial charge is 0.256 e. The third-order valence-corrected chi connectivity index (χ3v) is 4.14. The molecule has 1 aliphatic carbocycles. The number of hydrogen-bond acceptors (Lipinski definition) is 3. The minimum absolute atomic E-state index is 0.0237. The predicted octanol–water partition coefficient (Wildman–Crippen LogP) is 1.56. The fourth-order valence-corrected chi connectivity index (χ4v) is 2.64. The fourth-order valence-electron chi connectivity index (χ4n) is 2.64. The van der Waals surface area contributed by atoms with Gasteiger partial charge < -0.3 is 5.32 Å². The molecule has 1 heterocycles. The van der Waals surface area contributed by atoms with Gasteiger partial charge in [-0.15, -0.1) is 0 Å². The summed E-state index contributed by atoms with van der Waals surface area (Å²) in [4.78, 5) is 28.1. The molecule has 0 saturated heterocycles. The van der Waals surface area contributed by atoms with Crippen molar-refractivity contribution < 1.29 is 4.79 Å². The molecule has 1 saturated carbocycles. The van der Waals surface area contributed by atoms with E-state index in [0.717, 1.165) is 31.4 Å². The van der Waals surface area contributed by atoms with Crippen LogP contribution in [0.25, 0.3) is 0 Å². The first kappa shape index (κ1) is 14.8. The molecule has 0 aromatic carbocycles. The highest BCUT2D eigenvalue weighted by Crippen LogP contribution is 2.23. The van der Waals surface area contributed by atoms with Crippen molar-refractivity contribution in [3.05, 3.63) is 27.9 Å². The molecule has 0 spiro atoms. The minimum atomic E-state index is -0.0237. The van der Waals surface area contributed by atoms with E-state index in [2.05, 4.69) is 10.3 Å². The van der Waals surface area contributed by atoms with Crippen LogP contribution in [0.3, 0.4) is 0 Å². The van der Waals surface area contributed by atoms with E-state index >= 15 is 0 Å². The first-order valence-corrected chi connectivity index (χ1v) is 7.40. The van der Waals surface area contributed by atoms with Gasteiger partial charge in [-0.3, -0.25) is 14.2 Å². The molecule has 2 rings (SSSR count). The first-order chi connectivity index (χ1) is 9.59. The number of aryl methyl sites for hydroxylation is 1. The van der Waals surface area contributed by atoms with E-state index in [4.69, 9.17) is 0 Å². The third-order valence-electron chi connectivity index (χ3n) is 4.14. The SMILES string of the molecule is Cc1ncn(CCNC(=O)C2CCCCC2)c(=O)c1C. The topological polar surface area (TPSA) is 64.0 Å². The highest BCUT2D eigenvalue weighted by atomic mass is 16.2. The molecule has 1 fully saturated rings. The second-order valence-corrected chi connectivity index (χ2v) is 5.58. The van der Waals surface area contributed by atoms with Gasteiger partial charge in [-0.05, 0) is 26.7 Å². The number of carbonyl (C=O) groups excluding carboxylic acids is 1. The van der Waals surface area contributed by atoms with Gasteiger partial charge in [-0.25, -0.2) is 4.98 Å². The Morgan fingerprint density at radius 3 is 2.75 bits per heavy atom. The van der Waals surface area contributed by atoms with Gasteiger partial charge in [0, 0.05) is 30.3 Å². The number of nitrogens with one attached hydrogen (secondary N) is 1. The molecule has 0 aliphatic heterocycles. The summed E-state index contributed by atoms with van der Waals surface area (Å²) in [6.45, 7) is 4.57. The van der Waals surface area contributed by atoms with Crippen LogP contribution >= 0.6 is 0 Å². The molecule has 1 N–H and O–H groups in total. The molecule has 0 radical (unpaired) electrons. The van der Waals surface area contributed by atoms with Crippen molar-refractivity contribution >= 4 is 5.91 Å². The van der Waals surface area contributed by atoms with Gasteiger partial charge in [0.1, 0.15) is 0 Å². The van der Waals surface area contributed by atoms with Crippen LogP contribution in [0.2, 0.25) is 0 Å². The number of aromatic nitrogens is 2. The highest BCUT2D eigenvalue weighted by molar-refractivity contribution is 5.78. The van der Waals surface area contributed by atoms with Crippen molar-refractivity contribution in [3.63, 3.8) is 0 Å². The largest absolute Gasteiger partial charge is 0.354 e. The van der Waals surface area contributed by atoms with E-state index in [1.807, 2.05) is 6.92 Å². The summed E-state index contributed by atoms with van der Waals surface area (Å²) in [7, 11) is 0. The Kier molecular flexibility index (Phi) is 4.93. The molecule has 0 unspecified atom stereocenters. The predicted molar refractivity (Wildman–Crippen MR) is 77.6 cm³/mol. The van der Waals surface area contributed by atoms with Crippen LogP contribution in [0.5, 0.6) is 0 Å². The molecule has 5 heteroatoms. The average Bonchev–Trinajstić information content (AvgIpc) is 2.48. The van der Waals surface area contributed by atoms with Gasteiger partial charge in [-0.1, -0.05) is 19.3 Å². The quantitative estimate of drug-likeness (QED) is 0.908. The van der Waals surface area contributed by atoms with Crippen molar-refractivity contribution in [2.45, 2.75) is 52.5 Å². The number of rotatable bonds is 4. The molecule has 1 amide bonds. The second-order valence-electron chi connectivity index (χ2n) is 5.58. The van der Waals surface area contributed by atoms with Gasteiger partial charge in [0.2, 0.25) is 5.91 Å². The maximum Gasteiger partial charge on any atom is 0.256 e. The average molecular weight is 277 g/mol. The monoisotopic (exact) mass is 277 g/mol. The molecule has 1 aromatic rings. The van der Waals surface area contributed by atoms with Crippen LogP contribution in [0, 0.1) is 19.8 Å². The van der Waals surface area contributed by atoms with Crippen molar-refractivity contribution in [1.29, 1.82) is 0 Å². The highest BCUT2D eigenvalue weighted by Gasteiger charge is 2.20. The number of amides is 1. The summed E-state index contributed by atoms with van der Waals surface area (Å²) < 4.78 is 1.56. The number of carbonyl (C=O) groups is 1. The Bertz CT molecular complexity index is 530. The minimum Gasteiger partial charge on any atom is -0.354 e. The van der Waals surface area contributed by atoms with E-state index in [0.29, 0.717) is 18.7 Å². The molecule has 0 atom stereocenters. The molecular formula is C15H23N3O2. The molecule has 5 nitrogen and oxygen atoms in total. The lowest BCUT2D eigenvalue weighted by atomic mass is 9.89. The third kappa shape index (κ3) is 3.46. The maximum atomic E-state index is 12.0. The van der Waals surface area contributed by atoms with Gasteiger partial charge in [0.05, 0.1) is 6.33 Å². The van der Waals surface area contributed by atoms with Gasteiger partial charge in [0.15, 0.2) is 0 Å². The zero-order valence-corrected chi connectivity index (χ0v) is 12.3. The molecule has 20 heavy (non-hydrogen) atoms. The van der Waals surface area contributed by atoms with Gasteiger partial charge in [0.25, 0.3) is 5.56 Å². The lowest BCUT2D eigenvalue weighted by Crippen LogP contribution is -2.36. The van der Waals surface area contributed by atoms with Crippen molar-refractivity contribution in [1.82, 2.24) is 14.9 Å². The van der Waals surface area contributed by atoms with Crippen molar-refractivity contribution in [3.8, 4) is 0 Å². The number of hydrogen-bond donors (Lipinski definition) is 1. The zero-order valence-electron chi connectivity index (χ0n) is 12.3. The maximum absolute atomic E-state index is 12.0. The van der Waals surface area contributed by atoms with Crippen LogP contribution in [-0.4, -0.2) is 22.0 Å². The van der Waals surface area contributed by atoms with E-state index in [1.54, 1.807) is 17.8 Å². The standard InChI is InChI=1S/C15H23N3O2/c1-11-12(2)17-10-18(15(11)20)9-8-16-14(19)13-6-4-3-5-7-13/h10,13H,3-9H2,1-2H3,(H,16,19). The van der Waals surface area contributed by atoms with Crippen LogP contribution in [0.15, 0.2) is 11.1 Å². The van der Waals surface area contributed by atoms with E-state index in [1.165, 1.54) is 6.42 Å². The first-order valence-electron chi connectivity index (χ1n) is 7.40. The van der Waals surface area contributed by atoms with E-state index in [-0.39, 0.29) is 17.4 Å². The molecule has 110 valence electrons. The summed E-state index contributed by atoms with van der Waals surface area (Å²) in [6, 6.07) is 0. The zero-order chi connectivity index (χ0) is 14.5. The Hall–Kier alpha value is -1.65. The molecule has 1 aromatic heterocycles. The number of nitrogens with zero attached hydrogens (tertiary/aromatic N) is 2. The van der Waals surface area contributed by atoms with Crippen molar-refractivity contribution in [2.75, 3.05) is 6.54 Å². The summed E-state index contributed by atoms with van der Waals surface area (Å²) in [6.07, 6.45) is 7.09. The lowest BCUT2D eigenvalue weighted by molar-refractivity contribution is -0.125. The van der Waals surface area contributed by atoms with Crippen molar-refractivity contribution in [2.24, 2.45) is 5.92 Å². The second kappa shape index (κ2) is 6.68. The molecule has 1 aliphatic rings.